The fourth-order valence-electron chi connectivity index (χ4n) is 2.17. The zero-order valence-electron chi connectivity index (χ0n) is 14.4. The molecule has 0 amide bonds. The Morgan fingerprint density at radius 3 is 2.04 bits per heavy atom. The lowest BCUT2D eigenvalue weighted by atomic mass is 10.1. The van der Waals surface area contributed by atoms with Crippen LogP contribution in [0.2, 0.25) is 0 Å². The Bertz CT molecular complexity index is 786. The highest BCUT2D eigenvalue weighted by atomic mass is 28.2. The second kappa shape index (κ2) is 9.96. The number of benzene rings is 3. The SMILES string of the molecule is C=CCc1ccc(O)cc1.Oc1ccccc1O[SiH2]c1ccccc1O. The number of hydrogen-bond donors (Lipinski definition) is 3. The van der Waals surface area contributed by atoms with Crippen LogP contribution in [-0.2, 0) is 6.42 Å². The minimum Gasteiger partial charge on any atom is -0.542 e. The summed E-state index contributed by atoms with van der Waals surface area (Å²) in [6, 6.07) is 21.1. The maximum Gasteiger partial charge on any atom is 0.255 e. The van der Waals surface area contributed by atoms with Gasteiger partial charge in [0.25, 0.3) is 9.76 Å². The lowest BCUT2D eigenvalue weighted by Gasteiger charge is -2.08. The van der Waals surface area contributed by atoms with E-state index >= 15 is 0 Å². The molecule has 3 N–H and O–H groups in total. The summed E-state index contributed by atoms with van der Waals surface area (Å²) in [5.74, 6) is 1.17. The van der Waals surface area contributed by atoms with Crippen molar-refractivity contribution in [1.82, 2.24) is 0 Å². The minimum atomic E-state index is -1.07. The number of allylic oxidation sites excluding steroid dienone is 1. The Kier molecular flexibility index (Phi) is 7.33. The molecule has 0 aliphatic rings. The summed E-state index contributed by atoms with van der Waals surface area (Å²) in [6.07, 6.45) is 2.70. The van der Waals surface area contributed by atoms with Gasteiger partial charge in [0.05, 0.1) is 0 Å². The summed E-state index contributed by atoms with van der Waals surface area (Å²) >= 11 is 0. The third-order valence-electron chi connectivity index (χ3n) is 3.56. The van der Waals surface area contributed by atoms with Gasteiger partial charge in [-0.2, -0.15) is 0 Å². The van der Waals surface area contributed by atoms with Crippen LogP contribution in [0.4, 0.5) is 0 Å². The van der Waals surface area contributed by atoms with E-state index in [2.05, 4.69) is 6.58 Å². The van der Waals surface area contributed by atoms with Crippen LogP contribution in [0.3, 0.4) is 0 Å². The highest BCUT2D eigenvalue weighted by Gasteiger charge is 2.04. The van der Waals surface area contributed by atoms with Gasteiger partial charge in [-0.3, -0.25) is 0 Å². The number of hydrogen-bond acceptors (Lipinski definition) is 4. The van der Waals surface area contributed by atoms with Crippen molar-refractivity contribution in [1.29, 1.82) is 0 Å². The van der Waals surface area contributed by atoms with E-state index in [0.717, 1.165) is 11.6 Å². The first kappa shape index (κ1) is 19.1. The molecule has 26 heavy (non-hydrogen) atoms. The molecule has 3 rings (SSSR count). The third kappa shape index (κ3) is 6.03. The van der Waals surface area contributed by atoms with Crippen molar-refractivity contribution >= 4 is 14.9 Å². The van der Waals surface area contributed by atoms with Crippen LogP contribution < -0.4 is 9.61 Å². The normalized spacial score (nSPS) is 10.2. The van der Waals surface area contributed by atoms with Gasteiger partial charge in [0.2, 0.25) is 0 Å². The van der Waals surface area contributed by atoms with Crippen molar-refractivity contribution < 1.29 is 19.7 Å². The van der Waals surface area contributed by atoms with Crippen molar-refractivity contribution in [3.05, 3.63) is 91.0 Å². The molecular weight excluding hydrogens is 344 g/mol. The second-order valence-electron chi connectivity index (χ2n) is 5.54. The molecule has 0 radical (unpaired) electrons. The molecule has 0 saturated heterocycles. The first-order chi connectivity index (χ1) is 12.6. The smallest absolute Gasteiger partial charge is 0.255 e. The predicted octanol–water partition coefficient (Wildman–Crippen LogP) is 3.01. The van der Waals surface area contributed by atoms with Crippen molar-refractivity contribution in [2.75, 3.05) is 0 Å². The summed E-state index contributed by atoms with van der Waals surface area (Å²) in [5.41, 5.74) is 1.17. The van der Waals surface area contributed by atoms with Crippen LogP contribution in [0.15, 0.2) is 85.5 Å². The van der Waals surface area contributed by atoms with E-state index in [1.165, 1.54) is 5.56 Å². The molecule has 5 heteroatoms. The van der Waals surface area contributed by atoms with Gasteiger partial charge in [-0.1, -0.05) is 48.5 Å². The van der Waals surface area contributed by atoms with Crippen molar-refractivity contribution in [3.8, 4) is 23.0 Å². The molecule has 3 aromatic carbocycles. The van der Waals surface area contributed by atoms with E-state index < -0.39 is 9.76 Å². The van der Waals surface area contributed by atoms with Gasteiger partial charge in [-0.05, 0) is 42.3 Å². The topological polar surface area (TPSA) is 69.9 Å². The second-order valence-corrected chi connectivity index (χ2v) is 6.88. The van der Waals surface area contributed by atoms with Gasteiger partial charge >= 0.3 is 0 Å². The van der Waals surface area contributed by atoms with Crippen molar-refractivity contribution in [2.24, 2.45) is 0 Å². The van der Waals surface area contributed by atoms with Gasteiger partial charge < -0.3 is 19.7 Å². The quantitative estimate of drug-likeness (QED) is 0.480. The average Bonchev–Trinajstić information content (AvgIpc) is 2.65. The lowest BCUT2D eigenvalue weighted by molar-refractivity contribution is 0.443. The molecular formula is C21H22O4Si. The molecule has 0 fully saturated rings. The number of rotatable bonds is 5. The van der Waals surface area contributed by atoms with Crippen LogP contribution in [0.25, 0.3) is 0 Å². The summed E-state index contributed by atoms with van der Waals surface area (Å²) < 4.78 is 5.53. The van der Waals surface area contributed by atoms with Crippen molar-refractivity contribution in [3.63, 3.8) is 0 Å². The zero-order valence-corrected chi connectivity index (χ0v) is 15.8. The predicted molar refractivity (Wildman–Crippen MR) is 107 cm³/mol. The van der Waals surface area contributed by atoms with Crippen LogP contribution in [0.1, 0.15) is 5.56 Å². The Morgan fingerprint density at radius 1 is 0.808 bits per heavy atom. The fourth-order valence-corrected chi connectivity index (χ4v) is 3.22. The van der Waals surface area contributed by atoms with E-state index in [-0.39, 0.29) is 11.5 Å². The van der Waals surface area contributed by atoms with Gasteiger partial charge in [-0.25, -0.2) is 0 Å². The third-order valence-corrected chi connectivity index (χ3v) is 4.92. The molecule has 0 aliphatic heterocycles. The summed E-state index contributed by atoms with van der Waals surface area (Å²) in [6.45, 7) is 3.62. The Hall–Kier alpha value is -3.18. The van der Waals surface area contributed by atoms with E-state index in [9.17, 15) is 10.2 Å². The van der Waals surface area contributed by atoms with Crippen LogP contribution in [-0.4, -0.2) is 25.1 Å². The molecule has 3 aromatic rings. The number of para-hydroxylation sites is 3. The maximum absolute atomic E-state index is 9.55. The largest absolute Gasteiger partial charge is 0.542 e. The highest BCUT2D eigenvalue weighted by molar-refractivity contribution is 6.49. The Balaban J connectivity index is 0.000000209. The molecule has 0 bridgehead atoms. The summed E-state index contributed by atoms with van der Waals surface area (Å²) in [7, 11) is -1.07. The molecule has 0 atom stereocenters. The highest BCUT2D eigenvalue weighted by Crippen LogP contribution is 2.23. The molecule has 0 aliphatic carbocycles. The molecule has 0 heterocycles. The van der Waals surface area contributed by atoms with Gasteiger partial charge in [0.15, 0.2) is 5.75 Å². The Morgan fingerprint density at radius 2 is 1.42 bits per heavy atom. The van der Waals surface area contributed by atoms with E-state index in [1.54, 1.807) is 48.5 Å². The average molecular weight is 366 g/mol. The lowest BCUT2D eigenvalue weighted by Crippen LogP contribution is -2.20. The Labute approximate surface area is 155 Å². The summed E-state index contributed by atoms with van der Waals surface area (Å²) in [4.78, 5) is 0. The van der Waals surface area contributed by atoms with E-state index in [4.69, 9.17) is 9.53 Å². The molecule has 0 aromatic heterocycles. The first-order valence-electron chi connectivity index (χ1n) is 8.16. The van der Waals surface area contributed by atoms with Gasteiger partial charge in [-0.15, -0.1) is 6.58 Å². The minimum absolute atomic E-state index is 0.130. The molecule has 0 saturated carbocycles. The first-order valence-corrected chi connectivity index (χ1v) is 9.45. The van der Waals surface area contributed by atoms with Crippen LogP contribution in [0.5, 0.6) is 23.0 Å². The monoisotopic (exact) mass is 366 g/mol. The van der Waals surface area contributed by atoms with Gasteiger partial charge in [0, 0.05) is 5.19 Å². The van der Waals surface area contributed by atoms with E-state index in [0.29, 0.717) is 11.5 Å². The number of phenols is 3. The zero-order chi connectivity index (χ0) is 18.8. The maximum atomic E-state index is 9.55. The molecule has 4 nitrogen and oxygen atoms in total. The molecule has 0 unspecified atom stereocenters. The number of aromatic hydroxyl groups is 3. The standard InChI is InChI=1S/C12H12O3Si.C9H10O/c13-9-5-1-3-7-11(9)15-16-12-8-4-2-6-10(12)14;1-2-3-8-4-6-9(10)7-5-8/h1-8,13-14H,16H2;2,4-7,10H,1,3H2. The van der Waals surface area contributed by atoms with Crippen molar-refractivity contribution in [2.45, 2.75) is 6.42 Å². The van der Waals surface area contributed by atoms with Crippen LogP contribution >= 0.6 is 0 Å². The number of phenolic OH excluding ortho intramolecular Hbond substituents is 3. The van der Waals surface area contributed by atoms with E-state index in [1.807, 2.05) is 30.3 Å². The fraction of sp³-hybridized carbons (Fsp3) is 0.0476. The molecule has 0 spiro atoms. The summed E-state index contributed by atoms with van der Waals surface area (Å²) in [5, 5.41) is 28.8. The van der Waals surface area contributed by atoms with Crippen LogP contribution in [0, 0.1) is 0 Å². The molecule has 134 valence electrons. The van der Waals surface area contributed by atoms with Gasteiger partial charge in [0.1, 0.15) is 17.2 Å².